The zero-order valence-corrected chi connectivity index (χ0v) is 29.9. The Bertz CT molecular complexity index is 1150. The minimum absolute atomic E-state index is 0.00382. The predicted molar refractivity (Wildman–Crippen MR) is 179 cm³/mol. The lowest BCUT2D eigenvalue weighted by Gasteiger charge is -2.55. The molecule has 5 saturated carbocycles. The molecule has 260 valence electrons. The summed E-state index contributed by atoms with van der Waals surface area (Å²) in [5, 5.41) is 2.73. The van der Waals surface area contributed by atoms with Crippen LogP contribution in [0.15, 0.2) is 0 Å². The predicted octanol–water partition coefficient (Wildman–Crippen LogP) is 8.73. The highest BCUT2D eigenvalue weighted by Gasteiger charge is 2.65. The first-order valence-electron chi connectivity index (χ1n) is 19.4. The lowest BCUT2D eigenvalue weighted by atomic mass is 9.53. The lowest BCUT2D eigenvalue weighted by Crippen LogP contribution is -2.53. The van der Waals surface area contributed by atoms with Crippen molar-refractivity contribution in [1.82, 2.24) is 10.2 Å². The minimum Gasteiger partial charge on any atom is -0.446 e. The van der Waals surface area contributed by atoms with Crippen molar-refractivity contribution < 1.29 is 23.8 Å². The maximum atomic E-state index is 12.9. The van der Waals surface area contributed by atoms with Crippen molar-refractivity contribution in [3.8, 4) is 0 Å². The zero-order chi connectivity index (χ0) is 32.5. The van der Waals surface area contributed by atoms with Gasteiger partial charge in [-0.3, -0.25) is 0 Å². The van der Waals surface area contributed by atoms with Crippen LogP contribution in [0.1, 0.15) is 137 Å². The quantitative estimate of drug-likeness (QED) is 0.333. The maximum absolute atomic E-state index is 12.9. The Morgan fingerprint density at radius 2 is 1.63 bits per heavy atom. The lowest BCUT2D eigenvalue weighted by molar-refractivity contribution is -0.182. The third-order valence-electron chi connectivity index (χ3n) is 15.5. The number of hydrogen-bond acceptors (Lipinski definition) is 5. The van der Waals surface area contributed by atoms with E-state index in [2.05, 4.69) is 39.9 Å². The van der Waals surface area contributed by atoms with E-state index in [-0.39, 0.29) is 47.9 Å². The van der Waals surface area contributed by atoms with Crippen molar-refractivity contribution in [2.24, 2.45) is 51.2 Å². The van der Waals surface area contributed by atoms with Crippen molar-refractivity contribution in [2.75, 3.05) is 20.1 Å². The van der Waals surface area contributed by atoms with E-state index >= 15 is 0 Å². The van der Waals surface area contributed by atoms with Gasteiger partial charge in [-0.15, -0.1) is 0 Å². The Morgan fingerprint density at radius 3 is 2.35 bits per heavy atom. The number of carbonyl (C=O) groups excluding carboxylic acids is 2. The van der Waals surface area contributed by atoms with Gasteiger partial charge in [0.05, 0.1) is 12.2 Å². The summed E-state index contributed by atoms with van der Waals surface area (Å²) in [5.41, 5.74) is 1.19. The summed E-state index contributed by atoms with van der Waals surface area (Å²) in [4.78, 5) is 27.2. The number of carbonyl (C=O) groups is 2. The molecule has 2 bridgehead atoms. The Morgan fingerprint density at radius 1 is 0.870 bits per heavy atom. The van der Waals surface area contributed by atoms with Gasteiger partial charge in [0.25, 0.3) is 0 Å². The second-order valence-electron chi connectivity index (χ2n) is 18.5. The van der Waals surface area contributed by atoms with Crippen LogP contribution in [0, 0.1) is 51.2 Å². The van der Waals surface area contributed by atoms with Gasteiger partial charge in [-0.05, 0) is 142 Å². The number of rotatable bonds is 4. The van der Waals surface area contributed by atoms with E-state index in [4.69, 9.17) is 14.2 Å². The number of ether oxygens (including phenoxy) is 3. The van der Waals surface area contributed by atoms with Crippen LogP contribution in [0.4, 0.5) is 9.59 Å². The fourth-order valence-electron chi connectivity index (χ4n) is 13.2. The minimum atomic E-state index is -0.274. The fraction of sp³-hybridized carbons (Fsp3) is 0.949. The van der Waals surface area contributed by atoms with Crippen molar-refractivity contribution >= 4 is 12.2 Å². The van der Waals surface area contributed by atoms with Crippen LogP contribution in [-0.2, 0) is 14.2 Å². The molecule has 7 rings (SSSR count). The first-order valence-corrected chi connectivity index (χ1v) is 19.4. The molecule has 7 nitrogen and oxygen atoms in total. The maximum Gasteiger partial charge on any atom is 0.410 e. The summed E-state index contributed by atoms with van der Waals surface area (Å²) in [6.45, 7) is 13.5. The highest BCUT2D eigenvalue weighted by atomic mass is 16.6. The highest BCUT2D eigenvalue weighted by Crippen LogP contribution is 2.73. The van der Waals surface area contributed by atoms with Crippen molar-refractivity contribution in [2.45, 2.75) is 162 Å². The summed E-state index contributed by atoms with van der Waals surface area (Å²) in [5.74, 6) is 2.89. The van der Waals surface area contributed by atoms with E-state index in [1.54, 1.807) is 7.05 Å². The van der Waals surface area contributed by atoms with Gasteiger partial charge in [0.1, 0.15) is 12.2 Å². The number of hydrogen-bond donors (Lipinski definition) is 1. The molecule has 0 radical (unpaired) electrons. The molecule has 2 spiro atoms. The molecule has 2 saturated heterocycles. The number of likely N-dealkylation sites (tertiary alicyclic amines) is 1. The molecule has 2 aliphatic heterocycles. The normalized spacial score (nSPS) is 45.3. The second kappa shape index (κ2) is 12.1. The monoisotopic (exact) mass is 640 g/mol. The molecule has 0 aromatic carbocycles. The molecular weight excluding hydrogens is 576 g/mol. The molecule has 7 aliphatic rings. The van der Waals surface area contributed by atoms with Gasteiger partial charge >= 0.3 is 12.2 Å². The second-order valence-corrected chi connectivity index (χ2v) is 18.5. The molecule has 0 aromatic rings. The molecule has 11 unspecified atom stereocenters. The van der Waals surface area contributed by atoms with Gasteiger partial charge in [-0.25, -0.2) is 9.59 Å². The van der Waals surface area contributed by atoms with Gasteiger partial charge < -0.3 is 24.4 Å². The number of amides is 2. The molecule has 2 heterocycles. The molecule has 7 fully saturated rings. The van der Waals surface area contributed by atoms with E-state index in [1.807, 2.05) is 4.90 Å². The SMILES string of the molecule is CNC(=O)OC1CCCC23CCC4(CCCC5(C)CC6CCC(C(OC(=O)N7CCC7)C(C)C)OC6CC5C4CCC2C1(C)C)C3. The molecule has 1 N–H and O–H groups in total. The number of alkyl carbamates (subject to hydrolysis) is 1. The van der Waals surface area contributed by atoms with Crippen LogP contribution in [0.25, 0.3) is 0 Å². The third-order valence-corrected chi connectivity index (χ3v) is 15.5. The number of nitrogens with one attached hydrogen (secondary N) is 1. The molecule has 7 heteroatoms. The van der Waals surface area contributed by atoms with Gasteiger partial charge in [-0.2, -0.15) is 0 Å². The van der Waals surface area contributed by atoms with Gasteiger partial charge in [0.2, 0.25) is 0 Å². The average molecular weight is 641 g/mol. The van der Waals surface area contributed by atoms with E-state index in [1.165, 1.54) is 83.5 Å². The van der Waals surface area contributed by atoms with Crippen molar-refractivity contribution in [3.63, 3.8) is 0 Å². The fourth-order valence-corrected chi connectivity index (χ4v) is 13.2. The molecule has 11 atom stereocenters. The number of nitrogens with zero attached hydrogens (tertiary/aromatic N) is 1. The van der Waals surface area contributed by atoms with E-state index in [0.717, 1.165) is 38.3 Å². The Balaban J connectivity index is 1.13. The van der Waals surface area contributed by atoms with Gasteiger partial charge in [0.15, 0.2) is 0 Å². The van der Waals surface area contributed by atoms with Crippen LogP contribution in [0.5, 0.6) is 0 Å². The van der Waals surface area contributed by atoms with Gasteiger partial charge in [0, 0.05) is 25.6 Å². The van der Waals surface area contributed by atoms with Crippen molar-refractivity contribution in [3.05, 3.63) is 0 Å². The van der Waals surface area contributed by atoms with Crippen molar-refractivity contribution in [1.29, 1.82) is 0 Å². The summed E-state index contributed by atoms with van der Waals surface area (Å²) < 4.78 is 19.4. The summed E-state index contributed by atoms with van der Waals surface area (Å²) in [6, 6.07) is 0. The van der Waals surface area contributed by atoms with E-state index in [9.17, 15) is 9.59 Å². The largest absolute Gasteiger partial charge is 0.446 e. The first kappa shape index (κ1) is 33.0. The molecule has 2 amide bonds. The standard InChI is InChI=1S/C39H64N2O5/c1-25(2)33(46-35(43)41-20-9-21-41)29-13-11-26-23-37(5)15-8-17-38-18-19-39(24-38)16-7-10-32(45-34(42)40-6)36(3,4)31(39)14-12-27(38)28(37)22-30(26)44-29/h25-33H,7-24H2,1-6H3,(H,40,42). The van der Waals surface area contributed by atoms with Crippen LogP contribution in [0.3, 0.4) is 0 Å². The summed E-state index contributed by atoms with van der Waals surface area (Å²) in [6.07, 6.45) is 19.7. The van der Waals surface area contributed by atoms with Crippen LogP contribution in [0.2, 0.25) is 0 Å². The summed E-state index contributed by atoms with van der Waals surface area (Å²) >= 11 is 0. The summed E-state index contributed by atoms with van der Waals surface area (Å²) in [7, 11) is 1.68. The molecular formula is C39H64N2O5. The Hall–Kier alpha value is -1.50. The highest BCUT2D eigenvalue weighted by molar-refractivity contribution is 5.68. The van der Waals surface area contributed by atoms with E-state index < -0.39 is 0 Å². The van der Waals surface area contributed by atoms with Crippen LogP contribution in [-0.4, -0.2) is 61.6 Å². The zero-order valence-electron chi connectivity index (χ0n) is 29.9. The first-order chi connectivity index (χ1) is 21.9. The third kappa shape index (κ3) is 5.49. The van der Waals surface area contributed by atoms with E-state index in [0.29, 0.717) is 34.0 Å². The topological polar surface area (TPSA) is 77.1 Å². The molecule has 5 aliphatic carbocycles. The Labute approximate surface area is 279 Å². The smallest absolute Gasteiger partial charge is 0.410 e. The van der Waals surface area contributed by atoms with Crippen LogP contribution < -0.4 is 5.32 Å². The number of fused-ring (bicyclic) bond motifs is 3. The molecule has 0 aromatic heterocycles. The average Bonchev–Trinajstić information content (AvgIpc) is 3.16. The molecule has 46 heavy (non-hydrogen) atoms. The van der Waals surface area contributed by atoms with Crippen LogP contribution >= 0.6 is 0 Å². The van der Waals surface area contributed by atoms with Gasteiger partial charge in [-0.1, -0.05) is 41.0 Å². The Kier molecular flexibility index (Phi) is 8.70.